The van der Waals surface area contributed by atoms with E-state index in [1.807, 2.05) is 30.3 Å². The van der Waals surface area contributed by atoms with Crippen LogP contribution in [0, 0.1) is 0 Å². The van der Waals surface area contributed by atoms with Crippen molar-refractivity contribution in [1.29, 1.82) is 0 Å². The van der Waals surface area contributed by atoms with E-state index < -0.39 is 0 Å². The topological polar surface area (TPSA) is 56.2 Å². The van der Waals surface area contributed by atoms with Gasteiger partial charge in [0.15, 0.2) is 0 Å². The number of para-hydroxylation sites is 1. The molecule has 0 bridgehead atoms. The van der Waals surface area contributed by atoms with E-state index in [1.165, 1.54) is 0 Å². The van der Waals surface area contributed by atoms with Crippen molar-refractivity contribution in [2.75, 3.05) is 11.9 Å². The molecule has 18 heavy (non-hydrogen) atoms. The number of carbonyl (C=O) groups excluding carboxylic acids is 1. The highest BCUT2D eigenvalue weighted by Gasteiger charge is 2.21. The monoisotopic (exact) mass is 243 g/mol. The van der Waals surface area contributed by atoms with Gasteiger partial charge in [0.1, 0.15) is 5.56 Å². The summed E-state index contributed by atoms with van der Waals surface area (Å²) >= 11 is 0. The van der Waals surface area contributed by atoms with Gasteiger partial charge in [-0.05, 0) is 12.1 Å². The zero-order valence-electron chi connectivity index (χ0n) is 9.80. The van der Waals surface area contributed by atoms with Crippen LogP contribution in [0.5, 0.6) is 5.88 Å². The molecule has 1 aliphatic rings. The Morgan fingerprint density at radius 3 is 3.00 bits per heavy atom. The van der Waals surface area contributed by atoms with Gasteiger partial charge in [0.25, 0.3) is 5.91 Å². The average molecular weight is 243 g/mol. The number of hydrogen-bond acceptors (Lipinski definition) is 3. The van der Waals surface area contributed by atoms with Crippen LogP contribution >= 0.6 is 0 Å². The van der Waals surface area contributed by atoms with Gasteiger partial charge in [0, 0.05) is 18.7 Å². The molecule has 92 valence electrons. The molecular weight excluding hydrogens is 230 g/mol. The average Bonchev–Trinajstić information content (AvgIpc) is 2.84. The first-order valence-corrected chi connectivity index (χ1v) is 5.89. The quantitative estimate of drug-likeness (QED) is 0.876. The molecule has 2 heterocycles. The fourth-order valence-electron chi connectivity index (χ4n) is 1.94. The zero-order chi connectivity index (χ0) is 12.4. The van der Waals surface area contributed by atoms with E-state index in [0.29, 0.717) is 18.1 Å². The maximum atomic E-state index is 12.1. The van der Waals surface area contributed by atoms with Crippen molar-refractivity contribution in [1.82, 2.24) is 9.78 Å². The molecule has 1 aromatic carbocycles. The Morgan fingerprint density at radius 2 is 2.17 bits per heavy atom. The summed E-state index contributed by atoms with van der Waals surface area (Å²) in [6.45, 7) is 1.44. The summed E-state index contributed by atoms with van der Waals surface area (Å²) in [5, 5.41) is 6.97. The normalized spacial score (nSPS) is 13.6. The molecule has 1 aliphatic heterocycles. The Morgan fingerprint density at radius 1 is 1.33 bits per heavy atom. The van der Waals surface area contributed by atoms with Crippen LogP contribution in [0.3, 0.4) is 0 Å². The van der Waals surface area contributed by atoms with Crippen LogP contribution in [0.4, 0.5) is 5.69 Å². The number of benzene rings is 1. The van der Waals surface area contributed by atoms with E-state index in [1.54, 1.807) is 10.9 Å². The molecule has 0 saturated heterocycles. The molecule has 1 aromatic heterocycles. The number of aromatic nitrogens is 2. The number of nitrogens with one attached hydrogen (secondary N) is 1. The number of aryl methyl sites for hydroxylation is 1. The summed E-state index contributed by atoms with van der Waals surface area (Å²) in [4.78, 5) is 12.1. The number of amides is 1. The van der Waals surface area contributed by atoms with E-state index in [2.05, 4.69) is 10.4 Å². The number of ether oxygens (including phenoxy) is 1. The standard InChI is InChI=1S/C13H13N3O2/c17-12(15-10-5-2-1-3-6-10)11-9-14-16-7-4-8-18-13(11)16/h1-3,5-6,9H,4,7-8H2,(H,15,17). The smallest absolute Gasteiger partial charge is 0.262 e. The minimum absolute atomic E-state index is 0.190. The van der Waals surface area contributed by atoms with Gasteiger partial charge in [-0.3, -0.25) is 4.79 Å². The molecule has 0 spiro atoms. The van der Waals surface area contributed by atoms with Crippen molar-refractivity contribution in [3.8, 4) is 5.88 Å². The van der Waals surface area contributed by atoms with Gasteiger partial charge in [-0.25, -0.2) is 4.68 Å². The molecule has 0 unspecified atom stereocenters. The fraction of sp³-hybridized carbons (Fsp3) is 0.231. The predicted molar refractivity (Wildman–Crippen MR) is 66.7 cm³/mol. The molecule has 3 rings (SSSR count). The highest BCUT2D eigenvalue weighted by atomic mass is 16.5. The first-order valence-electron chi connectivity index (χ1n) is 5.89. The number of fused-ring (bicyclic) bond motifs is 1. The molecule has 0 radical (unpaired) electrons. The zero-order valence-corrected chi connectivity index (χ0v) is 9.80. The third kappa shape index (κ3) is 1.95. The van der Waals surface area contributed by atoms with Crippen LogP contribution in [-0.2, 0) is 6.54 Å². The third-order valence-electron chi connectivity index (χ3n) is 2.82. The van der Waals surface area contributed by atoms with E-state index in [9.17, 15) is 4.79 Å². The maximum Gasteiger partial charge on any atom is 0.262 e. The minimum atomic E-state index is -0.190. The summed E-state index contributed by atoms with van der Waals surface area (Å²) < 4.78 is 7.22. The molecule has 5 nitrogen and oxygen atoms in total. The van der Waals surface area contributed by atoms with Crippen LogP contribution in [0.25, 0.3) is 0 Å². The van der Waals surface area contributed by atoms with Crippen molar-refractivity contribution >= 4 is 11.6 Å². The van der Waals surface area contributed by atoms with Crippen molar-refractivity contribution < 1.29 is 9.53 Å². The Labute approximate surface area is 104 Å². The molecule has 0 fully saturated rings. The molecular formula is C13H13N3O2. The second-order valence-corrected chi connectivity index (χ2v) is 4.11. The van der Waals surface area contributed by atoms with Gasteiger partial charge in [-0.1, -0.05) is 18.2 Å². The first kappa shape index (κ1) is 10.8. The summed E-state index contributed by atoms with van der Waals surface area (Å²) in [5.74, 6) is 0.374. The summed E-state index contributed by atoms with van der Waals surface area (Å²) in [5.41, 5.74) is 1.25. The van der Waals surface area contributed by atoms with Gasteiger partial charge in [0.05, 0.1) is 12.8 Å². The summed E-state index contributed by atoms with van der Waals surface area (Å²) in [6, 6.07) is 9.34. The molecule has 0 aliphatic carbocycles. The van der Waals surface area contributed by atoms with Crippen molar-refractivity contribution in [2.24, 2.45) is 0 Å². The highest BCUT2D eigenvalue weighted by molar-refractivity contribution is 6.05. The largest absolute Gasteiger partial charge is 0.477 e. The first-order chi connectivity index (χ1) is 8.84. The molecule has 1 amide bonds. The van der Waals surface area contributed by atoms with Crippen LogP contribution < -0.4 is 10.1 Å². The third-order valence-corrected chi connectivity index (χ3v) is 2.82. The highest BCUT2D eigenvalue weighted by Crippen LogP contribution is 2.23. The SMILES string of the molecule is O=C(Nc1ccccc1)c1cnn2c1OCCC2. The number of carbonyl (C=O) groups is 1. The number of hydrogen-bond donors (Lipinski definition) is 1. The number of anilines is 1. The number of nitrogens with zero attached hydrogens (tertiary/aromatic N) is 2. The lowest BCUT2D eigenvalue weighted by Crippen LogP contribution is -2.18. The van der Waals surface area contributed by atoms with Crippen molar-refractivity contribution in [2.45, 2.75) is 13.0 Å². The van der Waals surface area contributed by atoms with Gasteiger partial charge in [-0.2, -0.15) is 5.10 Å². The van der Waals surface area contributed by atoms with E-state index in [-0.39, 0.29) is 5.91 Å². The van der Waals surface area contributed by atoms with E-state index >= 15 is 0 Å². The molecule has 0 atom stereocenters. The summed E-state index contributed by atoms with van der Waals surface area (Å²) in [6.07, 6.45) is 2.48. The predicted octanol–water partition coefficient (Wildman–Crippen LogP) is 1.92. The van der Waals surface area contributed by atoms with E-state index in [4.69, 9.17) is 4.74 Å². The van der Waals surface area contributed by atoms with E-state index in [0.717, 1.165) is 18.7 Å². The van der Waals surface area contributed by atoms with Crippen LogP contribution in [-0.4, -0.2) is 22.3 Å². The van der Waals surface area contributed by atoms with Gasteiger partial charge >= 0.3 is 0 Å². The van der Waals surface area contributed by atoms with Crippen LogP contribution in [0.15, 0.2) is 36.5 Å². The Kier molecular flexibility index (Phi) is 2.72. The second-order valence-electron chi connectivity index (χ2n) is 4.11. The molecule has 2 aromatic rings. The Balaban J connectivity index is 1.83. The lowest BCUT2D eigenvalue weighted by molar-refractivity contribution is 0.102. The lowest BCUT2D eigenvalue weighted by Gasteiger charge is -2.15. The molecule has 0 saturated carbocycles. The molecule has 5 heteroatoms. The van der Waals surface area contributed by atoms with Crippen molar-refractivity contribution in [3.05, 3.63) is 42.1 Å². The minimum Gasteiger partial charge on any atom is -0.477 e. The summed E-state index contributed by atoms with van der Waals surface area (Å²) in [7, 11) is 0. The second kappa shape index (κ2) is 4.52. The Bertz CT molecular complexity index is 563. The molecule has 1 N–H and O–H groups in total. The maximum absolute atomic E-state index is 12.1. The van der Waals surface area contributed by atoms with Gasteiger partial charge in [-0.15, -0.1) is 0 Å². The fourth-order valence-corrected chi connectivity index (χ4v) is 1.94. The van der Waals surface area contributed by atoms with Crippen LogP contribution in [0.1, 0.15) is 16.8 Å². The number of rotatable bonds is 2. The van der Waals surface area contributed by atoms with Gasteiger partial charge < -0.3 is 10.1 Å². The van der Waals surface area contributed by atoms with Crippen molar-refractivity contribution in [3.63, 3.8) is 0 Å². The lowest BCUT2D eigenvalue weighted by atomic mass is 10.2. The van der Waals surface area contributed by atoms with Gasteiger partial charge in [0.2, 0.25) is 5.88 Å². The Hall–Kier alpha value is -2.30. The van der Waals surface area contributed by atoms with Crippen LogP contribution in [0.2, 0.25) is 0 Å².